The van der Waals surface area contributed by atoms with Gasteiger partial charge in [0.05, 0.1) is 30.3 Å². The van der Waals surface area contributed by atoms with E-state index in [9.17, 15) is 31.1 Å². The average Bonchev–Trinajstić information content (AvgIpc) is 2.94. The van der Waals surface area contributed by atoms with Crippen molar-refractivity contribution in [2.45, 2.75) is 38.7 Å². The first-order valence-corrected chi connectivity index (χ1v) is 13.1. The normalized spacial score (nSPS) is 15.4. The summed E-state index contributed by atoms with van der Waals surface area (Å²) in [5.74, 6) is 5.78. The molecule has 1 saturated heterocycles. The molecule has 13 heteroatoms. The quantitative estimate of drug-likeness (QED) is 0.218. The number of aromatic nitrogens is 1. The molecule has 1 atom stereocenters. The van der Waals surface area contributed by atoms with Crippen molar-refractivity contribution < 1.29 is 35.9 Å². The van der Waals surface area contributed by atoms with E-state index in [4.69, 9.17) is 4.74 Å². The van der Waals surface area contributed by atoms with Crippen LogP contribution in [0, 0.1) is 25.7 Å². The number of carbonyl (C=O) groups is 1. The summed E-state index contributed by atoms with van der Waals surface area (Å²) in [6.45, 7) is 4.98. The molecule has 0 aliphatic carbocycles. The Hall–Kier alpha value is -3.46. The molecule has 0 radical (unpaired) electrons. The van der Waals surface area contributed by atoms with Crippen molar-refractivity contribution in [1.82, 2.24) is 14.8 Å². The summed E-state index contributed by atoms with van der Waals surface area (Å²) in [6.07, 6.45) is -6.58. The number of pyridine rings is 1. The number of hydrogen-bond donors (Lipinski definition) is 0. The highest BCUT2D eigenvalue weighted by Gasteiger charge is 2.39. The predicted molar refractivity (Wildman–Crippen MR) is 159 cm³/mol. The maximum absolute atomic E-state index is 13.6. The van der Waals surface area contributed by atoms with E-state index >= 15 is 0 Å². The van der Waals surface area contributed by atoms with Crippen molar-refractivity contribution in [3.8, 4) is 17.6 Å². The van der Waals surface area contributed by atoms with E-state index in [1.165, 1.54) is 12.0 Å². The summed E-state index contributed by atoms with van der Waals surface area (Å²) < 4.78 is 86.2. The van der Waals surface area contributed by atoms with E-state index < -0.39 is 41.0 Å². The second-order valence-corrected chi connectivity index (χ2v) is 10.2. The SMILES string of the molecule is COc1ccncc1C#CCN1CCN(C(=O)c2cc(C(F)(F)F)cc(C(F)(F)F)c2)C(Cc2ccc(C)c(C)c2)C1.Cl.Cl. The van der Waals surface area contributed by atoms with Gasteiger partial charge in [0.2, 0.25) is 0 Å². The summed E-state index contributed by atoms with van der Waals surface area (Å²) >= 11 is 0. The van der Waals surface area contributed by atoms with Gasteiger partial charge in [0.15, 0.2) is 0 Å². The Balaban J connectivity index is 0.00000337. The minimum absolute atomic E-state index is 0. The Morgan fingerprint density at radius 3 is 2.20 bits per heavy atom. The Labute approximate surface area is 264 Å². The second-order valence-electron chi connectivity index (χ2n) is 10.2. The number of nitrogens with zero attached hydrogens (tertiary/aromatic N) is 3. The Morgan fingerprint density at radius 2 is 1.61 bits per heavy atom. The van der Waals surface area contributed by atoms with Gasteiger partial charge in [-0.2, -0.15) is 26.3 Å². The van der Waals surface area contributed by atoms with Gasteiger partial charge in [0.1, 0.15) is 5.75 Å². The van der Waals surface area contributed by atoms with E-state index in [0.717, 1.165) is 16.7 Å². The monoisotopic (exact) mass is 661 g/mol. The summed E-state index contributed by atoms with van der Waals surface area (Å²) in [5.41, 5.74) is -0.0976. The zero-order valence-corrected chi connectivity index (χ0v) is 25.7. The standard InChI is InChI=1S/C31H29F6N3O2.2ClH/c1-20-6-7-22(13-21(20)2)14-27-19-39(10-4-5-23-18-38-9-8-28(23)42-3)11-12-40(27)29(41)24-15-25(30(32,33)34)17-26(16-24)31(35,36)37;;/h6-9,13,15-18,27H,10-12,14,19H2,1-3H3;2*1H. The molecule has 44 heavy (non-hydrogen) atoms. The van der Waals surface area contributed by atoms with Crippen LogP contribution < -0.4 is 4.74 Å². The molecule has 5 nitrogen and oxygen atoms in total. The molecule has 1 unspecified atom stereocenters. The summed E-state index contributed by atoms with van der Waals surface area (Å²) in [6, 6.07) is 7.98. The van der Waals surface area contributed by atoms with Gasteiger partial charge in [-0.3, -0.25) is 14.7 Å². The molecule has 0 spiro atoms. The molecule has 2 heterocycles. The van der Waals surface area contributed by atoms with E-state index in [2.05, 4.69) is 16.8 Å². The number of piperazine rings is 1. The van der Waals surface area contributed by atoms with Crippen LogP contribution >= 0.6 is 24.8 Å². The minimum atomic E-state index is -5.05. The third-order valence-corrected chi connectivity index (χ3v) is 7.23. The van der Waals surface area contributed by atoms with Crippen LogP contribution in [0.25, 0.3) is 0 Å². The molecule has 1 amide bonds. The van der Waals surface area contributed by atoms with Gasteiger partial charge < -0.3 is 9.64 Å². The smallest absolute Gasteiger partial charge is 0.416 e. The number of methoxy groups -OCH3 is 1. The Bertz CT molecular complexity index is 1490. The molecular weight excluding hydrogens is 631 g/mol. The van der Waals surface area contributed by atoms with Crippen LogP contribution in [0.5, 0.6) is 5.75 Å². The van der Waals surface area contributed by atoms with E-state index in [0.29, 0.717) is 49.5 Å². The fourth-order valence-electron chi connectivity index (χ4n) is 4.85. The molecule has 1 aliphatic rings. The third-order valence-electron chi connectivity index (χ3n) is 7.23. The average molecular weight is 663 g/mol. The number of rotatable bonds is 5. The molecule has 3 aromatic rings. The van der Waals surface area contributed by atoms with Crippen LogP contribution in [-0.4, -0.2) is 60.0 Å². The molecule has 1 aromatic heterocycles. The van der Waals surface area contributed by atoms with Gasteiger partial charge in [0, 0.05) is 43.6 Å². The number of hydrogen-bond acceptors (Lipinski definition) is 4. The van der Waals surface area contributed by atoms with Crippen LogP contribution in [0.15, 0.2) is 54.9 Å². The van der Waals surface area contributed by atoms with Crippen LogP contribution in [-0.2, 0) is 18.8 Å². The number of benzene rings is 2. The maximum atomic E-state index is 13.6. The van der Waals surface area contributed by atoms with Gasteiger partial charge in [-0.25, -0.2) is 0 Å². The third kappa shape index (κ3) is 9.03. The Kier molecular flexibility index (Phi) is 12.5. The van der Waals surface area contributed by atoms with E-state index in [1.807, 2.05) is 36.9 Å². The molecule has 1 fully saturated rings. The highest BCUT2D eigenvalue weighted by atomic mass is 35.5. The fraction of sp³-hybridized carbons (Fsp3) is 0.355. The maximum Gasteiger partial charge on any atom is 0.416 e. The number of alkyl halides is 6. The first-order chi connectivity index (χ1) is 19.8. The molecule has 2 aromatic carbocycles. The summed E-state index contributed by atoms with van der Waals surface area (Å²) in [4.78, 5) is 21.0. The van der Waals surface area contributed by atoms with Crippen molar-refractivity contribution in [2.75, 3.05) is 33.3 Å². The summed E-state index contributed by atoms with van der Waals surface area (Å²) in [7, 11) is 1.52. The van der Waals surface area contributed by atoms with Crippen molar-refractivity contribution in [1.29, 1.82) is 0 Å². The van der Waals surface area contributed by atoms with Crippen molar-refractivity contribution >= 4 is 30.7 Å². The van der Waals surface area contributed by atoms with E-state index in [1.54, 1.807) is 18.5 Å². The molecule has 0 bridgehead atoms. The first kappa shape index (κ1) is 36.7. The predicted octanol–water partition coefficient (Wildman–Crippen LogP) is 7.01. The van der Waals surface area contributed by atoms with Crippen molar-refractivity contribution in [3.63, 3.8) is 0 Å². The highest BCUT2D eigenvalue weighted by molar-refractivity contribution is 5.95. The number of halogens is 8. The number of amides is 1. The topological polar surface area (TPSA) is 45.7 Å². The zero-order chi connectivity index (χ0) is 30.7. The Morgan fingerprint density at radius 1 is 0.955 bits per heavy atom. The lowest BCUT2D eigenvalue weighted by atomic mass is 9.97. The fourth-order valence-corrected chi connectivity index (χ4v) is 4.85. The van der Waals surface area contributed by atoms with Gasteiger partial charge in [0.25, 0.3) is 5.91 Å². The zero-order valence-electron chi connectivity index (χ0n) is 24.1. The first-order valence-electron chi connectivity index (χ1n) is 13.1. The van der Waals surface area contributed by atoms with Crippen LogP contribution in [0.2, 0.25) is 0 Å². The number of ether oxygens (including phenoxy) is 1. The van der Waals surface area contributed by atoms with Crippen LogP contribution in [0.4, 0.5) is 26.3 Å². The van der Waals surface area contributed by atoms with Gasteiger partial charge >= 0.3 is 12.4 Å². The highest BCUT2D eigenvalue weighted by Crippen LogP contribution is 2.37. The second kappa shape index (κ2) is 15.0. The van der Waals surface area contributed by atoms with Gasteiger partial charge in [-0.1, -0.05) is 30.0 Å². The lowest BCUT2D eigenvalue weighted by molar-refractivity contribution is -0.143. The number of carbonyl (C=O) groups excluding carboxylic acids is 1. The van der Waals surface area contributed by atoms with Crippen molar-refractivity contribution in [2.24, 2.45) is 0 Å². The largest absolute Gasteiger partial charge is 0.495 e. The van der Waals surface area contributed by atoms with Gasteiger partial charge in [-0.05, 0) is 61.2 Å². The molecule has 238 valence electrons. The van der Waals surface area contributed by atoms with Crippen molar-refractivity contribution in [3.05, 3.63) is 93.8 Å². The van der Waals surface area contributed by atoms with Crippen LogP contribution in [0.1, 0.15) is 43.7 Å². The molecule has 1 aliphatic heterocycles. The van der Waals surface area contributed by atoms with Crippen LogP contribution in [0.3, 0.4) is 0 Å². The lowest BCUT2D eigenvalue weighted by Gasteiger charge is -2.41. The molecule has 0 N–H and O–H groups in total. The lowest BCUT2D eigenvalue weighted by Crippen LogP contribution is -2.56. The minimum Gasteiger partial charge on any atom is -0.495 e. The molecular formula is C31H31Cl2F6N3O2. The number of aryl methyl sites for hydroxylation is 2. The molecule has 4 rings (SSSR count). The molecule has 0 saturated carbocycles. The van der Waals surface area contributed by atoms with E-state index in [-0.39, 0.29) is 37.4 Å². The van der Waals surface area contributed by atoms with Gasteiger partial charge in [-0.15, -0.1) is 24.8 Å². The summed E-state index contributed by atoms with van der Waals surface area (Å²) in [5, 5.41) is 0.